The summed E-state index contributed by atoms with van der Waals surface area (Å²) in [7, 11) is 0. The molecule has 1 aliphatic rings. The Bertz CT molecular complexity index is 654. The molecule has 24 heavy (non-hydrogen) atoms. The van der Waals surface area contributed by atoms with Crippen molar-refractivity contribution in [3.63, 3.8) is 0 Å². The molecule has 0 aromatic heterocycles. The smallest absolute Gasteiger partial charge is 0.113 e. The van der Waals surface area contributed by atoms with E-state index in [4.69, 9.17) is 0 Å². The molecule has 3 heteroatoms. The minimum absolute atomic E-state index is 0.114. The molecule has 1 saturated carbocycles. The molecule has 0 amide bonds. The summed E-state index contributed by atoms with van der Waals surface area (Å²) in [5.41, 5.74) is 2.69. The van der Waals surface area contributed by atoms with Crippen molar-refractivity contribution in [2.45, 2.75) is 51.6 Å². The number of nitrogens with zero attached hydrogens (tertiary/aromatic N) is 2. The Kier molecular flexibility index (Phi) is 5.83. The van der Waals surface area contributed by atoms with Crippen LogP contribution in [0, 0.1) is 17.2 Å². The maximum Gasteiger partial charge on any atom is 0.113 e. The molecule has 2 rings (SSSR count). The van der Waals surface area contributed by atoms with Crippen molar-refractivity contribution in [2.75, 3.05) is 11.4 Å². The van der Waals surface area contributed by atoms with Crippen LogP contribution in [0.3, 0.4) is 0 Å². The van der Waals surface area contributed by atoms with E-state index >= 15 is 0 Å². The van der Waals surface area contributed by atoms with Crippen LogP contribution in [-0.4, -0.2) is 12.2 Å². The number of rotatable bonds is 6. The van der Waals surface area contributed by atoms with Crippen LogP contribution in [0.5, 0.6) is 0 Å². The second kappa shape index (κ2) is 7.66. The van der Waals surface area contributed by atoms with E-state index in [0.29, 0.717) is 24.9 Å². The lowest BCUT2D eigenvalue weighted by atomic mass is 9.75. The first-order valence-electron chi connectivity index (χ1n) is 8.69. The van der Waals surface area contributed by atoms with E-state index in [2.05, 4.69) is 26.2 Å². The van der Waals surface area contributed by atoms with Gasteiger partial charge in [-0.1, -0.05) is 38.1 Å². The van der Waals surface area contributed by atoms with Gasteiger partial charge in [0.15, 0.2) is 0 Å². The van der Waals surface area contributed by atoms with Gasteiger partial charge in [-0.15, -0.1) is 0 Å². The van der Waals surface area contributed by atoms with Gasteiger partial charge in [-0.05, 0) is 56.5 Å². The molecule has 1 aromatic carbocycles. The minimum atomic E-state index is -1.19. The summed E-state index contributed by atoms with van der Waals surface area (Å²) in [5.74, 6) is -0.114. The Morgan fingerprint density at radius 2 is 2.25 bits per heavy atom. The summed E-state index contributed by atoms with van der Waals surface area (Å²) in [4.78, 5) is 2.01. The molecule has 2 atom stereocenters. The lowest BCUT2D eigenvalue weighted by Crippen LogP contribution is -2.41. The van der Waals surface area contributed by atoms with Crippen molar-refractivity contribution in [3.05, 3.63) is 54.3 Å². The Hall–Kier alpha value is -2.08. The van der Waals surface area contributed by atoms with Crippen LogP contribution < -0.4 is 4.90 Å². The van der Waals surface area contributed by atoms with Gasteiger partial charge < -0.3 is 4.90 Å². The van der Waals surface area contributed by atoms with Gasteiger partial charge in [-0.25, -0.2) is 4.39 Å². The topological polar surface area (TPSA) is 27.0 Å². The third-order valence-corrected chi connectivity index (χ3v) is 5.03. The summed E-state index contributed by atoms with van der Waals surface area (Å²) < 4.78 is 15.0. The fraction of sp³-hybridized carbons (Fsp3) is 0.476. The van der Waals surface area contributed by atoms with Crippen LogP contribution in [-0.2, 0) is 6.42 Å². The predicted molar refractivity (Wildman–Crippen MR) is 98.7 cm³/mol. The lowest BCUT2D eigenvalue weighted by Gasteiger charge is -2.39. The highest BCUT2D eigenvalue weighted by atomic mass is 19.1. The van der Waals surface area contributed by atoms with Crippen LogP contribution >= 0.6 is 0 Å². The van der Waals surface area contributed by atoms with E-state index in [0.717, 1.165) is 30.5 Å². The van der Waals surface area contributed by atoms with Gasteiger partial charge in [-0.2, -0.15) is 5.26 Å². The molecule has 0 bridgehead atoms. The Morgan fingerprint density at radius 1 is 1.50 bits per heavy atom. The van der Waals surface area contributed by atoms with Crippen molar-refractivity contribution < 1.29 is 4.39 Å². The highest BCUT2D eigenvalue weighted by Crippen LogP contribution is 2.40. The molecule has 0 heterocycles. The third-order valence-electron chi connectivity index (χ3n) is 5.03. The van der Waals surface area contributed by atoms with Crippen LogP contribution in [0.15, 0.2) is 43.1 Å². The summed E-state index contributed by atoms with van der Waals surface area (Å²) in [5, 5.41) is 9.21. The maximum absolute atomic E-state index is 15.0. The monoisotopic (exact) mass is 326 g/mol. The standard InChI is InChI=1S/C21H27FN2/c1-5-7-18-9-8-17(14-23)13-20(18)24(6-2)15-19-12-16(3)10-11-21(19,4)22/h6,8-9,13,19H,2-3,5,7,10-12,15H2,1,4H3. The number of halogens is 1. The largest absolute Gasteiger partial charge is 0.348 e. The van der Waals surface area contributed by atoms with Gasteiger partial charge in [0.1, 0.15) is 5.67 Å². The van der Waals surface area contributed by atoms with Crippen LogP contribution in [0.2, 0.25) is 0 Å². The van der Waals surface area contributed by atoms with Gasteiger partial charge in [0.25, 0.3) is 0 Å². The van der Waals surface area contributed by atoms with Crippen molar-refractivity contribution in [3.8, 4) is 6.07 Å². The van der Waals surface area contributed by atoms with E-state index in [-0.39, 0.29) is 5.92 Å². The number of benzene rings is 1. The highest BCUT2D eigenvalue weighted by Gasteiger charge is 2.38. The van der Waals surface area contributed by atoms with Crippen LogP contribution in [0.25, 0.3) is 0 Å². The first-order chi connectivity index (χ1) is 11.4. The Labute approximate surface area is 145 Å². The van der Waals surface area contributed by atoms with E-state index in [1.54, 1.807) is 13.1 Å². The molecular weight excluding hydrogens is 299 g/mol. The van der Waals surface area contributed by atoms with Crippen molar-refractivity contribution >= 4 is 5.69 Å². The molecule has 1 aliphatic carbocycles. The lowest BCUT2D eigenvalue weighted by molar-refractivity contribution is 0.0792. The second-order valence-corrected chi connectivity index (χ2v) is 6.97. The Balaban J connectivity index is 2.32. The van der Waals surface area contributed by atoms with Gasteiger partial charge >= 0.3 is 0 Å². The average Bonchev–Trinajstić information content (AvgIpc) is 2.56. The molecule has 2 nitrogen and oxygen atoms in total. The molecule has 0 N–H and O–H groups in total. The minimum Gasteiger partial charge on any atom is -0.348 e. The normalized spacial score (nSPS) is 23.6. The Morgan fingerprint density at radius 3 is 2.88 bits per heavy atom. The second-order valence-electron chi connectivity index (χ2n) is 6.97. The van der Waals surface area contributed by atoms with Gasteiger partial charge in [0.05, 0.1) is 11.6 Å². The number of allylic oxidation sites excluding steroid dienone is 1. The summed E-state index contributed by atoms with van der Waals surface area (Å²) in [6.07, 6.45) is 5.70. The van der Waals surface area contributed by atoms with E-state index in [1.807, 2.05) is 23.1 Å². The molecule has 0 saturated heterocycles. The first-order valence-corrected chi connectivity index (χ1v) is 8.69. The van der Waals surface area contributed by atoms with Crippen LogP contribution in [0.1, 0.15) is 50.7 Å². The number of anilines is 1. The van der Waals surface area contributed by atoms with E-state index < -0.39 is 5.67 Å². The quantitative estimate of drug-likeness (QED) is 0.641. The molecule has 2 unspecified atom stereocenters. The molecule has 1 fully saturated rings. The fourth-order valence-corrected chi connectivity index (χ4v) is 3.43. The number of hydrogen-bond acceptors (Lipinski definition) is 2. The van der Waals surface area contributed by atoms with Crippen molar-refractivity contribution in [2.24, 2.45) is 5.92 Å². The van der Waals surface area contributed by atoms with Gasteiger partial charge in [0, 0.05) is 18.2 Å². The van der Waals surface area contributed by atoms with Crippen molar-refractivity contribution in [1.29, 1.82) is 5.26 Å². The average molecular weight is 326 g/mol. The SMILES string of the molecule is C=CN(CC1CC(=C)CCC1(C)F)c1cc(C#N)ccc1CCC. The number of hydrogen-bond donors (Lipinski definition) is 0. The number of alkyl halides is 1. The van der Waals surface area contributed by atoms with Crippen LogP contribution in [0.4, 0.5) is 10.1 Å². The molecule has 128 valence electrons. The zero-order valence-corrected chi connectivity index (χ0v) is 14.8. The van der Waals surface area contributed by atoms with Crippen molar-refractivity contribution in [1.82, 2.24) is 0 Å². The fourth-order valence-electron chi connectivity index (χ4n) is 3.43. The predicted octanol–water partition coefficient (Wildman–Crippen LogP) is 5.55. The van der Waals surface area contributed by atoms with Gasteiger partial charge in [0.2, 0.25) is 0 Å². The molecule has 0 aliphatic heterocycles. The molecular formula is C21H27FN2. The maximum atomic E-state index is 15.0. The summed E-state index contributed by atoms with van der Waals surface area (Å²) in [6.45, 7) is 12.4. The summed E-state index contributed by atoms with van der Waals surface area (Å²) >= 11 is 0. The summed E-state index contributed by atoms with van der Waals surface area (Å²) in [6, 6.07) is 7.93. The number of nitriles is 1. The molecule has 1 aromatic rings. The molecule has 0 radical (unpaired) electrons. The number of aryl methyl sites for hydroxylation is 1. The van der Waals surface area contributed by atoms with E-state index in [9.17, 15) is 9.65 Å². The van der Waals surface area contributed by atoms with E-state index in [1.165, 1.54) is 5.56 Å². The van der Waals surface area contributed by atoms with Gasteiger partial charge in [-0.3, -0.25) is 0 Å². The zero-order valence-electron chi connectivity index (χ0n) is 14.8. The molecule has 0 spiro atoms. The zero-order chi connectivity index (χ0) is 17.7. The third kappa shape index (κ3) is 4.06. The first kappa shape index (κ1) is 18.3. The highest BCUT2D eigenvalue weighted by molar-refractivity contribution is 5.59.